The number of carbonyl (C=O) groups excluding carboxylic acids is 1. The zero-order valence-corrected chi connectivity index (χ0v) is 14.6. The van der Waals surface area contributed by atoms with Crippen molar-refractivity contribution in [1.82, 2.24) is 4.98 Å². The Bertz CT molecular complexity index is 993. The molecule has 0 bridgehead atoms. The molecule has 0 N–H and O–H groups in total. The first kappa shape index (κ1) is 16.5. The average Bonchev–Trinajstić information content (AvgIpc) is 3.20. The van der Waals surface area contributed by atoms with E-state index in [0.29, 0.717) is 34.9 Å². The molecule has 4 nitrogen and oxygen atoms in total. The Balaban J connectivity index is 1.55. The highest BCUT2D eigenvalue weighted by molar-refractivity contribution is 6.04. The number of carbonyl (C=O) groups is 1. The maximum atomic E-state index is 13.3. The summed E-state index contributed by atoms with van der Waals surface area (Å²) < 4.78 is 24.6. The highest BCUT2D eigenvalue weighted by Crippen LogP contribution is 2.40. The van der Waals surface area contributed by atoms with Gasteiger partial charge in [0, 0.05) is 12.0 Å². The average molecular weight is 351 g/mol. The van der Waals surface area contributed by atoms with Crippen molar-refractivity contribution in [2.75, 3.05) is 0 Å². The molecule has 26 heavy (non-hydrogen) atoms. The molecule has 0 aliphatic heterocycles. The summed E-state index contributed by atoms with van der Waals surface area (Å²) in [6.07, 6.45) is 2.00. The Morgan fingerprint density at radius 3 is 2.96 bits per heavy atom. The Hall–Kier alpha value is -2.95. The van der Waals surface area contributed by atoms with E-state index in [1.807, 2.05) is 19.1 Å². The lowest BCUT2D eigenvalue weighted by atomic mass is 9.97. The van der Waals surface area contributed by atoms with Gasteiger partial charge in [-0.05, 0) is 48.2 Å². The van der Waals surface area contributed by atoms with E-state index >= 15 is 0 Å². The van der Waals surface area contributed by atoms with Crippen LogP contribution in [-0.4, -0.2) is 10.8 Å². The van der Waals surface area contributed by atoms with Crippen molar-refractivity contribution in [3.63, 3.8) is 0 Å². The summed E-state index contributed by atoms with van der Waals surface area (Å²) in [7, 11) is 0. The highest BCUT2D eigenvalue weighted by atomic mass is 19.1. The van der Waals surface area contributed by atoms with Crippen molar-refractivity contribution < 1.29 is 18.3 Å². The van der Waals surface area contributed by atoms with Gasteiger partial charge in [-0.3, -0.25) is 4.79 Å². The minimum atomic E-state index is -0.346. The Morgan fingerprint density at radius 2 is 2.15 bits per heavy atom. The van der Waals surface area contributed by atoms with Crippen LogP contribution in [-0.2, 0) is 6.61 Å². The first-order valence-corrected chi connectivity index (χ1v) is 8.53. The van der Waals surface area contributed by atoms with Crippen LogP contribution in [0, 0.1) is 12.7 Å². The Kier molecular flexibility index (Phi) is 4.07. The molecule has 0 saturated heterocycles. The summed E-state index contributed by atoms with van der Waals surface area (Å²) in [5.74, 6) is 0.901. The number of fused-ring (bicyclic) bond motifs is 1. The van der Waals surface area contributed by atoms with E-state index in [4.69, 9.17) is 9.15 Å². The number of halogens is 1. The molecule has 5 heteroatoms. The molecule has 0 amide bonds. The van der Waals surface area contributed by atoms with E-state index in [9.17, 15) is 9.18 Å². The van der Waals surface area contributed by atoms with Gasteiger partial charge in [-0.2, -0.15) is 0 Å². The minimum Gasteiger partial charge on any atom is -0.486 e. The van der Waals surface area contributed by atoms with Crippen molar-refractivity contribution in [2.45, 2.75) is 32.8 Å². The highest BCUT2D eigenvalue weighted by Gasteiger charge is 2.31. The molecule has 4 rings (SSSR count). The zero-order chi connectivity index (χ0) is 18.3. The first-order valence-electron chi connectivity index (χ1n) is 8.53. The maximum absolute atomic E-state index is 13.3. The Morgan fingerprint density at radius 1 is 1.31 bits per heavy atom. The zero-order valence-electron chi connectivity index (χ0n) is 14.6. The number of aryl methyl sites for hydroxylation is 1. The molecule has 0 saturated carbocycles. The van der Waals surface area contributed by atoms with Crippen LogP contribution in [0.4, 0.5) is 4.39 Å². The normalized spacial score (nSPS) is 16.0. The van der Waals surface area contributed by atoms with Crippen molar-refractivity contribution in [3.05, 3.63) is 70.9 Å². The van der Waals surface area contributed by atoms with Gasteiger partial charge >= 0.3 is 0 Å². The number of hydrogen-bond acceptors (Lipinski definition) is 4. The van der Waals surface area contributed by atoms with Crippen LogP contribution in [0.5, 0.6) is 5.75 Å². The summed E-state index contributed by atoms with van der Waals surface area (Å²) in [5.41, 5.74) is 4.02. The van der Waals surface area contributed by atoms with Crippen molar-refractivity contribution in [1.29, 1.82) is 0 Å². The third-order valence-electron chi connectivity index (χ3n) is 4.69. The monoisotopic (exact) mass is 351 g/mol. The predicted octanol–water partition coefficient (Wildman–Crippen LogP) is 5.06. The standard InChI is InChI=1S/C21H18FNO3/c1-12-6-7-18(20-17(24)8-13(2)19(12)20)25-10-16-11-26-21(23-16)14-4-3-5-15(22)9-14/h3-7,9,11,13H,8,10H2,1-2H3. The summed E-state index contributed by atoms with van der Waals surface area (Å²) >= 11 is 0. The van der Waals surface area contributed by atoms with Crippen molar-refractivity contribution >= 4 is 5.78 Å². The van der Waals surface area contributed by atoms with Crippen LogP contribution in [0.2, 0.25) is 0 Å². The third kappa shape index (κ3) is 2.90. The smallest absolute Gasteiger partial charge is 0.226 e. The number of hydrogen-bond donors (Lipinski definition) is 0. The van der Waals surface area contributed by atoms with E-state index in [1.165, 1.54) is 18.4 Å². The first-order chi connectivity index (χ1) is 12.5. The number of benzene rings is 2. The quantitative estimate of drug-likeness (QED) is 0.659. The topological polar surface area (TPSA) is 52.3 Å². The summed E-state index contributed by atoms with van der Waals surface area (Å²) in [4.78, 5) is 16.7. The van der Waals surface area contributed by atoms with Gasteiger partial charge in [0.25, 0.3) is 0 Å². The molecule has 1 atom stereocenters. The second-order valence-electron chi connectivity index (χ2n) is 6.64. The van der Waals surface area contributed by atoms with Crippen LogP contribution in [0.15, 0.2) is 47.1 Å². The number of nitrogens with zero attached hydrogens (tertiary/aromatic N) is 1. The van der Waals surface area contributed by atoms with E-state index < -0.39 is 0 Å². The second-order valence-corrected chi connectivity index (χ2v) is 6.64. The lowest BCUT2D eigenvalue weighted by molar-refractivity contribution is 0.0986. The second kappa shape index (κ2) is 6.41. The number of ketones is 1. The van der Waals surface area contributed by atoms with Gasteiger partial charge in [-0.1, -0.05) is 19.1 Å². The van der Waals surface area contributed by atoms with Gasteiger partial charge in [-0.15, -0.1) is 0 Å². The van der Waals surface area contributed by atoms with Gasteiger partial charge in [0.2, 0.25) is 5.89 Å². The molecule has 132 valence electrons. The molecule has 0 fully saturated rings. The van der Waals surface area contributed by atoms with Crippen molar-refractivity contribution in [2.24, 2.45) is 0 Å². The fraction of sp³-hybridized carbons (Fsp3) is 0.238. The van der Waals surface area contributed by atoms with Gasteiger partial charge in [-0.25, -0.2) is 9.37 Å². The molecule has 3 aromatic rings. The number of Topliss-reactive ketones (excluding diaryl/α,β-unsaturated/α-hetero) is 1. The largest absolute Gasteiger partial charge is 0.486 e. The molecule has 1 heterocycles. The molecule has 1 aromatic heterocycles. The molecular formula is C21H18FNO3. The number of ether oxygens (including phenoxy) is 1. The van der Waals surface area contributed by atoms with Gasteiger partial charge in [0.1, 0.15) is 30.1 Å². The molecule has 0 spiro atoms. The van der Waals surface area contributed by atoms with Gasteiger partial charge in [0.05, 0.1) is 5.56 Å². The lowest BCUT2D eigenvalue weighted by Gasteiger charge is -2.12. The van der Waals surface area contributed by atoms with Crippen LogP contribution in [0.1, 0.15) is 46.4 Å². The minimum absolute atomic E-state index is 0.117. The van der Waals surface area contributed by atoms with Gasteiger partial charge < -0.3 is 9.15 Å². The molecular weight excluding hydrogens is 333 g/mol. The molecule has 1 aliphatic carbocycles. The van der Waals surface area contributed by atoms with Crippen molar-refractivity contribution in [3.8, 4) is 17.2 Å². The van der Waals surface area contributed by atoms with Crippen LogP contribution in [0.3, 0.4) is 0 Å². The summed E-state index contributed by atoms with van der Waals surface area (Å²) in [5, 5.41) is 0. The number of aromatic nitrogens is 1. The van der Waals surface area contributed by atoms with E-state index in [1.54, 1.807) is 12.1 Å². The van der Waals surface area contributed by atoms with Gasteiger partial charge in [0.15, 0.2) is 5.78 Å². The van der Waals surface area contributed by atoms with E-state index in [2.05, 4.69) is 11.9 Å². The summed E-state index contributed by atoms with van der Waals surface area (Å²) in [6.45, 7) is 4.25. The number of rotatable bonds is 4. The Labute approximate surface area is 150 Å². The van der Waals surface area contributed by atoms with Crippen LogP contribution in [0.25, 0.3) is 11.5 Å². The molecule has 1 unspecified atom stereocenters. The molecule has 1 aliphatic rings. The van der Waals surface area contributed by atoms with Crippen LogP contribution >= 0.6 is 0 Å². The number of oxazole rings is 1. The van der Waals surface area contributed by atoms with E-state index in [-0.39, 0.29) is 24.1 Å². The molecule has 2 aromatic carbocycles. The van der Waals surface area contributed by atoms with Crippen LogP contribution < -0.4 is 4.74 Å². The molecule has 0 radical (unpaired) electrons. The summed E-state index contributed by atoms with van der Waals surface area (Å²) in [6, 6.07) is 9.87. The fourth-order valence-corrected chi connectivity index (χ4v) is 3.51. The third-order valence-corrected chi connectivity index (χ3v) is 4.69. The SMILES string of the molecule is Cc1ccc(OCc2coc(-c3cccc(F)c3)n2)c2c1C(C)CC2=O. The van der Waals surface area contributed by atoms with E-state index in [0.717, 1.165) is 11.1 Å². The lowest BCUT2D eigenvalue weighted by Crippen LogP contribution is -2.02. The maximum Gasteiger partial charge on any atom is 0.226 e. The predicted molar refractivity (Wildman–Crippen MR) is 94.8 cm³/mol. The fourth-order valence-electron chi connectivity index (χ4n) is 3.51.